The first-order valence-corrected chi connectivity index (χ1v) is 21.6. The second-order valence-electron chi connectivity index (χ2n) is 16.9. The van der Waals surface area contributed by atoms with E-state index in [0.717, 1.165) is 70.6 Å². The van der Waals surface area contributed by atoms with Gasteiger partial charge < -0.3 is 41.5 Å². The fourth-order valence-electron chi connectivity index (χ4n) is 8.65. The second kappa shape index (κ2) is 22.5. The molecule has 6 N–H and O–H groups in total. The number of piperidine rings is 1. The van der Waals surface area contributed by atoms with Crippen LogP contribution in [0.3, 0.4) is 0 Å². The number of hydrogen-bond donors (Lipinski definition) is 6. The summed E-state index contributed by atoms with van der Waals surface area (Å²) in [5.41, 5.74) is 0.684. The Morgan fingerprint density at radius 3 is 1.77 bits per heavy atom. The molecule has 4 rings (SSSR count). The largest absolute Gasteiger partial charge is 0.508 e. The average molecular weight is 796 g/mol. The highest BCUT2D eigenvalue weighted by Gasteiger charge is 2.38. The minimum Gasteiger partial charge on any atom is -0.508 e. The van der Waals surface area contributed by atoms with Crippen LogP contribution in [0.15, 0.2) is 24.3 Å². The van der Waals surface area contributed by atoms with Crippen molar-refractivity contribution in [3.63, 3.8) is 0 Å². The molecule has 14 heteroatoms. The molecule has 1 aliphatic heterocycles. The van der Waals surface area contributed by atoms with E-state index < -0.39 is 53.8 Å². The number of hydrogen-bond acceptors (Lipinski definition) is 7. The summed E-state index contributed by atoms with van der Waals surface area (Å²) in [6.45, 7) is 9.05. The highest BCUT2D eigenvalue weighted by atomic mass is 16.3. The number of nitrogens with one attached hydrogen (secondary N) is 5. The van der Waals surface area contributed by atoms with Crippen LogP contribution in [0, 0.1) is 17.8 Å². The van der Waals surface area contributed by atoms with Gasteiger partial charge in [-0.3, -0.25) is 24.0 Å². The smallest absolute Gasteiger partial charge is 0.318 e. The van der Waals surface area contributed by atoms with Crippen molar-refractivity contribution < 1.29 is 33.9 Å². The summed E-state index contributed by atoms with van der Waals surface area (Å²) >= 11 is 0. The van der Waals surface area contributed by atoms with Gasteiger partial charge in [-0.05, 0) is 101 Å². The van der Waals surface area contributed by atoms with Crippen LogP contribution in [0.1, 0.15) is 123 Å². The van der Waals surface area contributed by atoms with Crippen LogP contribution in [0.25, 0.3) is 0 Å². The molecule has 1 aromatic carbocycles. The standard InChI is InChI=1S/C43H69N7O7/c1-6-44-39(53)35(26-28(2)3)49(5)42(56)29(4)45-40(54)36(31-16-10-7-11-17-31)47-38(52)34(27-30-20-22-33(51)23-21-30)46-41(55)37(32-18-12-8-13-19-32)48-43(57)50-24-14-9-15-25-50/h20-23,28-29,31-32,34-37,51H,6-19,24-27H2,1-5H3,(H,44,53)(H,45,54)(H,46,55)(H,47,52)(H,48,57)/t29-,34-,35-,36-,37-/m1/s1. The molecule has 0 radical (unpaired) electrons. The van der Waals surface area contributed by atoms with Crippen molar-refractivity contribution in [2.45, 2.75) is 154 Å². The molecule has 2 aliphatic carbocycles. The minimum absolute atomic E-state index is 0.0615. The quantitative estimate of drug-likeness (QED) is 0.137. The van der Waals surface area contributed by atoms with E-state index in [2.05, 4.69) is 26.6 Å². The summed E-state index contributed by atoms with van der Waals surface area (Å²) in [4.78, 5) is 86.2. The van der Waals surface area contributed by atoms with Gasteiger partial charge in [0, 0.05) is 33.1 Å². The number of carbonyl (C=O) groups excluding carboxylic acids is 6. The Morgan fingerprint density at radius 1 is 0.702 bits per heavy atom. The van der Waals surface area contributed by atoms with Crippen LogP contribution < -0.4 is 26.6 Å². The number of phenolic OH excluding ortho intramolecular Hbond substituents is 1. The normalized spacial score (nSPS) is 19.3. The number of likely N-dealkylation sites (N-methyl/N-ethyl adjacent to an activating group) is 2. The third-order valence-corrected chi connectivity index (χ3v) is 11.9. The lowest BCUT2D eigenvalue weighted by Gasteiger charge is -2.35. The summed E-state index contributed by atoms with van der Waals surface area (Å²) in [7, 11) is 1.57. The Kier molecular flexibility index (Phi) is 17.9. The molecule has 0 bridgehead atoms. The molecule has 0 unspecified atom stereocenters. The van der Waals surface area contributed by atoms with Crippen molar-refractivity contribution in [2.75, 3.05) is 26.7 Å². The summed E-state index contributed by atoms with van der Waals surface area (Å²) in [5.74, 6) is -2.28. The maximum Gasteiger partial charge on any atom is 0.318 e. The zero-order chi connectivity index (χ0) is 41.5. The number of urea groups is 1. The van der Waals surface area contributed by atoms with E-state index in [1.807, 2.05) is 20.8 Å². The van der Waals surface area contributed by atoms with E-state index >= 15 is 0 Å². The Labute approximate surface area is 339 Å². The van der Waals surface area contributed by atoms with Crippen LogP contribution in [-0.2, 0) is 30.4 Å². The molecule has 3 fully saturated rings. The highest BCUT2D eigenvalue weighted by Crippen LogP contribution is 2.29. The summed E-state index contributed by atoms with van der Waals surface area (Å²) < 4.78 is 0. The van der Waals surface area contributed by atoms with Gasteiger partial charge in [-0.25, -0.2) is 4.79 Å². The molecule has 5 atom stereocenters. The summed E-state index contributed by atoms with van der Waals surface area (Å²) in [6.07, 6.45) is 12.1. The first-order valence-electron chi connectivity index (χ1n) is 21.6. The minimum atomic E-state index is -1.11. The van der Waals surface area contributed by atoms with E-state index in [4.69, 9.17) is 0 Å². The van der Waals surface area contributed by atoms with E-state index in [-0.39, 0.29) is 41.9 Å². The van der Waals surface area contributed by atoms with Gasteiger partial charge in [-0.1, -0.05) is 64.5 Å². The molecule has 1 aromatic rings. The lowest BCUT2D eigenvalue weighted by atomic mass is 9.83. The number of carbonyl (C=O) groups is 6. The fourth-order valence-corrected chi connectivity index (χ4v) is 8.65. The van der Waals surface area contributed by atoms with Crippen LogP contribution in [0.5, 0.6) is 5.75 Å². The molecule has 57 heavy (non-hydrogen) atoms. The second-order valence-corrected chi connectivity index (χ2v) is 16.9. The Hall–Kier alpha value is -4.36. The van der Waals surface area contributed by atoms with E-state index in [1.54, 1.807) is 31.0 Å². The van der Waals surface area contributed by atoms with E-state index in [1.165, 1.54) is 17.0 Å². The molecule has 7 amide bonds. The molecule has 0 aromatic heterocycles. The van der Waals surface area contributed by atoms with Crippen molar-refractivity contribution in [1.29, 1.82) is 0 Å². The monoisotopic (exact) mass is 796 g/mol. The molecule has 2 saturated carbocycles. The number of phenols is 1. The van der Waals surface area contributed by atoms with Gasteiger partial charge in [0.15, 0.2) is 0 Å². The maximum absolute atomic E-state index is 14.5. The Balaban J connectivity index is 1.56. The van der Waals surface area contributed by atoms with E-state index in [9.17, 15) is 33.9 Å². The van der Waals surface area contributed by atoms with Gasteiger partial charge in [0.2, 0.25) is 29.5 Å². The predicted octanol–water partition coefficient (Wildman–Crippen LogP) is 4.14. The molecule has 14 nitrogen and oxygen atoms in total. The Morgan fingerprint density at radius 2 is 1.23 bits per heavy atom. The third-order valence-electron chi connectivity index (χ3n) is 11.9. The van der Waals surface area contributed by atoms with Crippen LogP contribution in [-0.4, -0.2) is 107 Å². The SMILES string of the molecule is CCNC(=O)[C@@H](CC(C)C)N(C)C(=O)[C@@H](C)NC(=O)[C@H](NC(=O)[C@@H](Cc1ccc(O)cc1)NC(=O)[C@H](NC(=O)N1CCCCC1)C1CCCCC1)C1CCCCC1. The first-order chi connectivity index (χ1) is 27.3. The average Bonchev–Trinajstić information content (AvgIpc) is 3.21. The van der Waals surface area contributed by atoms with Gasteiger partial charge in [0.05, 0.1) is 0 Å². The van der Waals surface area contributed by atoms with E-state index in [0.29, 0.717) is 44.5 Å². The third kappa shape index (κ3) is 13.6. The fraction of sp³-hybridized carbons (Fsp3) is 0.721. The zero-order valence-electron chi connectivity index (χ0n) is 34.9. The zero-order valence-corrected chi connectivity index (χ0v) is 34.9. The topological polar surface area (TPSA) is 189 Å². The Bertz CT molecular complexity index is 1490. The predicted molar refractivity (Wildman–Crippen MR) is 219 cm³/mol. The van der Waals surface area contributed by atoms with Gasteiger partial charge in [-0.2, -0.15) is 0 Å². The first kappa shape index (κ1) is 45.3. The van der Waals surface area contributed by atoms with Crippen LogP contribution in [0.2, 0.25) is 0 Å². The van der Waals surface area contributed by atoms with Gasteiger partial charge in [0.25, 0.3) is 0 Å². The van der Waals surface area contributed by atoms with Crippen LogP contribution in [0.4, 0.5) is 4.79 Å². The van der Waals surface area contributed by atoms with Crippen molar-refractivity contribution in [3.8, 4) is 5.75 Å². The number of benzene rings is 1. The van der Waals surface area contributed by atoms with Crippen molar-refractivity contribution in [1.82, 2.24) is 36.4 Å². The summed E-state index contributed by atoms with van der Waals surface area (Å²) in [6, 6.07) is 1.49. The molecule has 3 aliphatic rings. The number of aromatic hydroxyl groups is 1. The number of amides is 7. The van der Waals surface area contributed by atoms with Crippen molar-refractivity contribution in [2.24, 2.45) is 17.8 Å². The maximum atomic E-state index is 14.5. The van der Waals surface area contributed by atoms with Gasteiger partial charge in [-0.15, -0.1) is 0 Å². The van der Waals surface area contributed by atoms with Crippen molar-refractivity contribution in [3.05, 3.63) is 29.8 Å². The van der Waals surface area contributed by atoms with Gasteiger partial charge >= 0.3 is 6.03 Å². The van der Waals surface area contributed by atoms with Crippen molar-refractivity contribution >= 4 is 35.6 Å². The summed E-state index contributed by atoms with van der Waals surface area (Å²) in [5, 5.41) is 24.6. The molecular formula is C43H69N7O7. The number of nitrogens with zero attached hydrogens (tertiary/aromatic N) is 2. The molecule has 1 saturated heterocycles. The lowest BCUT2D eigenvalue weighted by molar-refractivity contribution is -0.142. The number of rotatable bonds is 17. The molecule has 1 heterocycles. The molecule has 318 valence electrons. The van der Waals surface area contributed by atoms with Gasteiger partial charge in [0.1, 0.15) is 36.0 Å². The molecular weight excluding hydrogens is 727 g/mol. The lowest BCUT2D eigenvalue weighted by Crippen LogP contribution is -2.61. The molecule has 0 spiro atoms. The highest BCUT2D eigenvalue weighted by molar-refractivity contribution is 5.96. The number of likely N-dealkylation sites (tertiary alicyclic amines) is 1. The van der Waals surface area contributed by atoms with Crippen LogP contribution >= 0.6 is 0 Å².